The Labute approximate surface area is 102 Å². The molecule has 1 amide bonds. The van der Waals surface area contributed by atoms with E-state index in [0.717, 1.165) is 32.4 Å². The van der Waals surface area contributed by atoms with E-state index in [4.69, 9.17) is 0 Å². The van der Waals surface area contributed by atoms with Crippen molar-refractivity contribution in [2.45, 2.75) is 25.3 Å². The van der Waals surface area contributed by atoms with Crippen molar-refractivity contribution in [3.8, 4) is 0 Å². The number of benzene rings is 1. The van der Waals surface area contributed by atoms with Crippen LogP contribution in [-0.2, 0) is 17.6 Å². The van der Waals surface area contributed by atoms with Gasteiger partial charge in [0.2, 0.25) is 5.91 Å². The molecule has 1 fully saturated rings. The molecule has 2 N–H and O–H groups in total. The van der Waals surface area contributed by atoms with Gasteiger partial charge in [0, 0.05) is 19.0 Å². The third-order valence-electron chi connectivity index (χ3n) is 3.85. The lowest BCUT2D eigenvalue weighted by molar-refractivity contribution is -0.126. The number of nitrogens with one attached hydrogen (secondary N) is 2. The van der Waals surface area contributed by atoms with Crippen LogP contribution in [0.15, 0.2) is 24.3 Å². The minimum absolute atomic E-state index is 0.172. The summed E-state index contributed by atoms with van der Waals surface area (Å²) in [5.41, 5.74) is 2.77. The largest absolute Gasteiger partial charge is 0.351 e. The van der Waals surface area contributed by atoms with E-state index in [1.807, 2.05) is 0 Å². The van der Waals surface area contributed by atoms with Crippen molar-refractivity contribution in [3.05, 3.63) is 35.4 Å². The summed E-state index contributed by atoms with van der Waals surface area (Å²) >= 11 is 0. The Bertz CT molecular complexity index is 426. The number of rotatable bonds is 2. The maximum atomic E-state index is 12.1. The highest BCUT2D eigenvalue weighted by molar-refractivity contribution is 5.79. The highest BCUT2D eigenvalue weighted by Crippen LogP contribution is 2.25. The van der Waals surface area contributed by atoms with Crippen molar-refractivity contribution in [2.24, 2.45) is 5.92 Å². The first-order valence-corrected chi connectivity index (χ1v) is 6.41. The summed E-state index contributed by atoms with van der Waals surface area (Å²) < 4.78 is 0. The van der Waals surface area contributed by atoms with Gasteiger partial charge in [0.25, 0.3) is 0 Å². The molecule has 1 heterocycles. The van der Waals surface area contributed by atoms with E-state index in [0.29, 0.717) is 6.04 Å². The molecule has 0 radical (unpaired) electrons. The molecule has 0 bridgehead atoms. The third-order valence-corrected chi connectivity index (χ3v) is 3.85. The highest BCUT2D eigenvalue weighted by Gasteiger charge is 2.27. The summed E-state index contributed by atoms with van der Waals surface area (Å²) in [5.74, 6) is 0.413. The molecule has 1 unspecified atom stereocenters. The molecule has 17 heavy (non-hydrogen) atoms. The van der Waals surface area contributed by atoms with Crippen LogP contribution in [0.3, 0.4) is 0 Å². The summed E-state index contributed by atoms with van der Waals surface area (Å²) in [6.07, 6.45) is 2.93. The molecule has 1 saturated heterocycles. The first-order chi connectivity index (χ1) is 8.33. The van der Waals surface area contributed by atoms with Crippen LogP contribution in [-0.4, -0.2) is 25.0 Å². The zero-order valence-corrected chi connectivity index (χ0v) is 9.91. The van der Waals surface area contributed by atoms with E-state index >= 15 is 0 Å². The monoisotopic (exact) mass is 230 g/mol. The van der Waals surface area contributed by atoms with Crippen LogP contribution >= 0.6 is 0 Å². The van der Waals surface area contributed by atoms with E-state index in [2.05, 4.69) is 34.9 Å². The molecular formula is C14H18N2O. The molecule has 0 aromatic heterocycles. The Morgan fingerprint density at radius 3 is 2.71 bits per heavy atom. The number of fused-ring (bicyclic) bond motifs is 1. The zero-order valence-electron chi connectivity index (χ0n) is 9.91. The fraction of sp³-hybridized carbons (Fsp3) is 0.500. The highest BCUT2D eigenvalue weighted by atomic mass is 16.2. The molecule has 3 nitrogen and oxygen atoms in total. The molecule has 1 atom stereocenters. The van der Waals surface area contributed by atoms with Crippen LogP contribution in [0.25, 0.3) is 0 Å². The fourth-order valence-electron chi connectivity index (χ4n) is 2.63. The van der Waals surface area contributed by atoms with Gasteiger partial charge in [-0.05, 0) is 30.4 Å². The quantitative estimate of drug-likeness (QED) is 0.792. The number of amides is 1. The molecule has 1 aliphatic heterocycles. The Kier molecular flexibility index (Phi) is 2.85. The second-order valence-corrected chi connectivity index (χ2v) is 5.07. The van der Waals surface area contributed by atoms with Crippen molar-refractivity contribution in [1.29, 1.82) is 0 Å². The summed E-state index contributed by atoms with van der Waals surface area (Å²) in [6.45, 7) is 1.85. The van der Waals surface area contributed by atoms with Crippen molar-refractivity contribution in [3.63, 3.8) is 0 Å². The van der Waals surface area contributed by atoms with Crippen molar-refractivity contribution in [1.82, 2.24) is 10.6 Å². The van der Waals surface area contributed by atoms with E-state index < -0.39 is 0 Å². The van der Waals surface area contributed by atoms with Gasteiger partial charge in [0.05, 0.1) is 6.04 Å². The molecule has 90 valence electrons. The van der Waals surface area contributed by atoms with Gasteiger partial charge in [-0.1, -0.05) is 24.3 Å². The van der Waals surface area contributed by atoms with Gasteiger partial charge >= 0.3 is 0 Å². The maximum Gasteiger partial charge on any atom is 0.223 e. The normalized spacial score (nSPS) is 23.6. The second-order valence-electron chi connectivity index (χ2n) is 5.07. The Balaban J connectivity index is 1.64. The number of aryl methyl sites for hydroxylation is 1. The number of hydrogen-bond donors (Lipinski definition) is 2. The SMILES string of the molecule is O=C(NC1CNC1)C1CCc2ccccc2C1. The second kappa shape index (κ2) is 4.49. The fourth-order valence-corrected chi connectivity index (χ4v) is 2.63. The van der Waals surface area contributed by atoms with Crippen LogP contribution in [0, 0.1) is 5.92 Å². The van der Waals surface area contributed by atoms with Crippen molar-refractivity contribution in [2.75, 3.05) is 13.1 Å². The van der Waals surface area contributed by atoms with Gasteiger partial charge < -0.3 is 10.6 Å². The van der Waals surface area contributed by atoms with Crippen LogP contribution in [0.5, 0.6) is 0 Å². The summed E-state index contributed by atoms with van der Waals surface area (Å²) in [5, 5.41) is 6.29. The van der Waals surface area contributed by atoms with Gasteiger partial charge in [-0.25, -0.2) is 0 Å². The lowest BCUT2D eigenvalue weighted by Crippen LogP contribution is -2.58. The molecule has 1 aromatic carbocycles. The van der Waals surface area contributed by atoms with Crippen LogP contribution in [0.2, 0.25) is 0 Å². The maximum absolute atomic E-state index is 12.1. The van der Waals surface area contributed by atoms with E-state index in [-0.39, 0.29) is 11.8 Å². The minimum atomic E-state index is 0.172. The number of carbonyl (C=O) groups is 1. The third kappa shape index (κ3) is 2.20. The molecule has 0 saturated carbocycles. The first kappa shape index (κ1) is 10.8. The van der Waals surface area contributed by atoms with E-state index in [9.17, 15) is 4.79 Å². The lowest BCUT2D eigenvalue weighted by atomic mass is 9.83. The standard InChI is InChI=1S/C14H18N2O/c17-14(16-13-8-15-9-13)12-6-5-10-3-1-2-4-11(10)7-12/h1-4,12-13,15H,5-9H2,(H,16,17). The predicted octanol–water partition coefficient (Wildman–Crippen LogP) is 0.879. The summed E-state index contributed by atoms with van der Waals surface area (Å²) in [4.78, 5) is 12.1. The molecule has 2 aliphatic rings. The first-order valence-electron chi connectivity index (χ1n) is 6.41. The molecule has 0 spiro atoms. The van der Waals surface area contributed by atoms with Gasteiger partial charge in [-0.2, -0.15) is 0 Å². The van der Waals surface area contributed by atoms with Crippen LogP contribution in [0.4, 0.5) is 0 Å². The molecule has 3 rings (SSSR count). The molecule has 1 aromatic rings. The van der Waals surface area contributed by atoms with Crippen LogP contribution < -0.4 is 10.6 Å². The van der Waals surface area contributed by atoms with Crippen molar-refractivity contribution >= 4 is 5.91 Å². The molecular weight excluding hydrogens is 212 g/mol. The van der Waals surface area contributed by atoms with Crippen LogP contribution in [0.1, 0.15) is 17.5 Å². The molecule has 1 aliphatic carbocycles. The Hall–Kier alpha value is -1.35. The smallest absolute Gasteiger partial charge is 0.223 e. The van der Waals surface area contributed by atoms with Gasteiger partial charge in [0.1, 0.15) is 0 Å². The average molecular weight is 230 g/mol. The van der Waals surface area contributed by atoms with Gasteiger partial charge in [-0.15, -0.1) is 0 Å². The molecule has 3 heteroatoms. The van der Waals surface area contributed by atoms with Gasteiger partial charge in [0.15, 0.2) is 0 Å². The summed E-state index contributed by atoms with van der Waals surface area (Å²) in [6, 6.07) is 8.84. The average Bonchev–Trinajstić information content (AvgIpc) is 2.33. The van der Waals surface area contributed by atoms with Gasteiger partial charge in [-0.3, -0.25) is 4.79 Å². The predicted molar refractivity (Wildman–Crippen MR) is 66.8 cm³/mol. The number of hydrogen-bond acceptors (Lipinski definition) is 2. The zero-order chi connectivity index (χ0) is 11.7. The van der Waals surface area contributed by atoms with E-state index in [1.54, 1.807) is 0 Å². The summed E-state index contributed by atoms with van der Waals surface area (Å²) in [7, 11) is 0. The Morgan fingerprint density at radius 1 is 1.24 bits per heavy atom. The lowest BCUT2D eigenvalue weighted by Gasteiger charge is -2.31. The Morgan fingerprint density at radius 2 is 2.00 bits per heavy atom. The van der Waals surface area contributed by atoms with E-state index in [1.165, 1.54) is 11.1 Å². The van der Waals surface area contributed by atoms with Crippen molar-refractivity contribution < 1.29 is 4.79 Å². The number of carbonyl (C=O) groups excluding carboxylic acids is 1. The minimum Gasteiger partial charge on any atom is -0.351 e. The topological polar surface area (TPSA) is 41.1 Å².